The molecule has 1 fully saturated rings. The molecule has 1 aliphatic carbocycles. The number of rotatable bonds is 3. The van der Waals surface area contributed by atoms with Crippen LogP contribution >= 0.6 is 0 Å². The van der Waals surface area contributed by atoms with Crippen LogP contribution in [-0.4, -0.2) is 4.98 Å². The fourth-order valence-corrected chi connectivity index (χ4v) is 3.86. The lowest BCUT2D eigenvalue weighted by molar-refractivity contribution is 0.0983. The molecule has 1 saturated carbocycles. The average Bonchev–Trinajstić information content (AvgIpc) is 2.49. The number of pyridine rings is 1. The van der Waals surface area contributed by atoms with Gasteiger partial charge in [0.05, 0.1) is 5.52 Å². The van der Waals surface area contributed by atoms with Gasteiger partial charge < -0.3 is 0 Å². The Balaban J connectivity index is 1.97. The van der Waals surface area contributed by atoms with E-state index < -0.39 is 0 Å². The summed E-state index contributed by atoms with van der Waals surface area (Å²) in [6.07, 6.45) is 7.00. The van der Waals surface area contributed by atoms with Gasteiger partial charge in [-0.2, -0.15) is 0 Å². The Hall–Kier alpha value is -1.45. The molecule has 2 aromatic rings. The second kappa shape index (κ2) is 5.74. The Morgan fingerprint density at radius 2 is 2.14 bits per heavy atom. The third-order valence-electron chi connectivity index (χ3n) is 5.16. The van der Waals surface area contributed by atoms with Crippen molar-refractivity contribution in [1.82, 2.24) is 10.4 Å². The lowest BCUT2D eigenvalue weighted by Gasteiger charge is -2.43. The summed E-state index contributed by atoms with van der Waals surface area (Å²) >= 11 is 0. The Morgan fingerprint density at radius 3 is 2.90 bits per heavy atom. The van der Waals surface area contributed by atoms with Crippen molar-refractivity contribution in [2.24, 2.45) is 17.2 Å². The topological polar surface area (TPSA) is 50.9 Å². The first kappa shape index (κ1) is 14.5. The van der Waals surface area contributed by atoms with E-state index in [0.29, 0.717) is 11.3 Å². The summed E-state index contributed by atoms with van der Waals surface area (Å²) in [5.41, 5.74) is 5.71. The van der Waals surface area contributed by atoms with Crippen molar-refractivity contribution in [3.8, 4) is 0 Å². The predicted molar refractivity (Wildman–Crippen MR) is 87.5 cm³/mol. The maximum Gasteiger partial charge on any atom is 0.0705 e. The molecule has 2 unspecified atom stereocenters. The van der Waals surface area contributed by atoms with E-state index in [1.165, 1.54) is 36.6 Å². The largest absolute Gasteiger partial charge is 0.271 e. The van der Waals surface area contributed by atoms with Crippen molar-refractivity contribution < 1.29 is 0 Å². The quantitative estimate of drug-likeness (QED) is 0.662. The van der Waals surface area contributed by atoms with Crippen molar-refractivity contribution in [3.05, 3.63) is 42.1 Å². The van der Waals surface area contributed by atoms with Gasteiger partial charge in [-0.3, -0.25) is 16.3 Å². The molecule has 3 heteroatoms. The van der Waals surface area contributed by atoms with Crippen LogP contribution in [0.3, 0.4) is 0 Å². The summed E-state index contributed by atoms with van der Waals surface area (Å²) in [5.74, 6) is 6.50. The number of hydrogen-bond acceptors (Lipinski definition) is 3. The third kappa shape index (κ3) is 2.81. The second-order valence-electron chi connectivity index (χ2n) is 6.94. The minimum Gasteiger partial charge on any atom is -0.271 e. The minimum atomic E-state index is 0.201. The number of nitrogens with one attached hydrogen (secondary N) is 1. The monoisotopic (exact) mass is 283 g/mol. The molecule has 0 spiro atoms. The number of nitrogens with zero attached hydrogens (tertiary/aromatic N) is 1. The van der Waals surface area contributed by atoms with E-state index >= 15 is 0 Å². The highest BCUT2D eigenvalue weighted by atomic mass is 15.2. The zero-order valence-electron chi connectivity index (χ0n) is 13.0. The molecule has 21 heavy (non-hydrogen) atoms. The van der Waals surface area contributed by atoms with Gasteiger partial charge in [0.1, 0.15) is 0 Å². The molecule has 0 saturated heterocycles. The van der Waals surface area contributed by atoms with Crippen LogP contribution in [0.1, 0.15) is 51.1 Å². The number of hydrazine groups is 1. The first-order valence-corrected chi connectivity index (χ1v) is 7.93. The smallest absolute Gasteiger partial charge is 0.0705 e. The van der Waals surface area contributed by atoms with Crippen molar-refractivity contribution in [2.75, 3.05) is 0 Å². The maximum atomic E-state index is 5.93. The SMILES string of the molecule is CC1(C)CCCCC1C(NN)c1ccc2cccnc2c1. The molecular formula is C18H25N3. The molecule has 0 radical (unpaired) electrons. The Morgan fingerprint density at radius 1 is 1.29 bits per heavy atom. The molecule has 0 aliphatic heterocycles. The van der Waals surface area contributed by atoms with E-state index in [-0.39, 0.29) is 6.04 Å². The highest BCUT2D eigenvalue weighted by molar-refractivity contribution is 5.79. The predicted octanol–water partition coefficient (Wildman–Crippen LogP) is 3.96. The average molecular weight is 283 g/mol. The fraction of sp³-hybridized carbons (Fsp3) is 0.500. The van der Waals surface area contributed by atoms with Gasteiger partial charge in [-0.15, -0.1) is 0 Å². The number of benzene rings is 1. The summed E-state index contributed by atoms with van der Waals surface area (Å²) in [5, 5.41) is 1.18. The van der Waals surface area contributed by atoms with Crippen LogP contribution in [0.25, 0.3) is 10.9 Å². The summed E-state index contributed by atoms with van der Waals surface area (Å²) < 4.78 is 0. The van der Waals surface area contributed by atoms with E-state index in [9.17, 15) is 0 Å². The first-order chi connectivity index (χ1) is 10.1. The highest BCUT2D eigenvalue weighted by Crippen LogP contribution is 2.46. The molecule has 1 aromatic heterocycles. The standard InChI is InChI=1S/C18H25N3/c1-18(2)10-4-3-7-15(18)17(21-19)14-9-8-13-6-5-11-20-16(13)12-14/h5-6,8-9,11-12,15,17,21H,3-4,7,10,19H2,1-2H3. The van der Waals surface area contributed by atoms with Crippen molar-refractivity contribution in [3.63, 3.8) is 0 Å². The number of aromatic nitrogens is 1. The van der Waals surface area contributed by atoms with Crippen LogP contribution in [0.4, 0.5) is 0 Å². The molecule has 1 aromatic carbocycles. The van der Waals surface area contributed by atoms with Gasteiger partial charge in [-0.1, -0.05) is 44.9 Å². The Labute approximate surface area is 126 Å². The van der Waals surface area contributed by atoms with E-state index in [1.807, 2.05) is 12.3 Å². The van der Waals surface area contributed by atoms with Gasteiger partial charge in [0.15, 0.2) is 0 Å². The molecule has 1 heterocycles. The van der Waals surface area contributed by atoms with Crippen LogP contribution in [0.2, 0.25) is 0 Å². The van der Waals surface area contributed by atoms with Crippen molar-refractivity contribution >= 4 is 10.9 Å². The highest BCUT2D eigenvalue weighted by Gasteiger charge is 2.37. The van der Waals surface area contributed by atoms with Crippen LogP contribution in [0.15, 0.2) is 36.5 Å². The van der Waals surface area contributed by atoms with E-state index in [4.69, 9.17) is 5.84 Å². The van der Waals surface area contributed by atoms with Crippen LogP contribution in [0, 0.1) is 11.3 Å². The number of nitrogens with two attached hydrogens (primary N) is 1. The van der Waals surface area contributed by atoms with Crippen LogP contribution < -0.4 is 11.3 Å². The summed E-state index contributed by atoms with van der Waals surface area (Å²) in [4.78, 5) is 4.47. The van der Waals surface area contributed by atoms with Crippen molar-refractivity contribution in [1.29, 1.82) is 0 Å². The maximum absolute atomic E-state index is 5.93. The van der Waals surface area contributed by atoms with Crippen LogP contribution in [0.5, 0.6) is 0 Å². The molecule has 112 valence electrons. The molecule has 3 nitrogen and oxygen atoms in total. The molecule has 1 aliphatic rings. The van der Waals surface area contributed by atoms with Gasteiger partial charge >= 0.3 is 0 Å². The van der Waals surface area contributed by atoms with E-state index in [0.717, 1.165) is 5.52 Å². The summed E-state index contributed by atoms with van der Waals surface area (Å²) in [7, 11) is 0. The summed E-state index contributed by atoms with van der Waals surface area (Å²) in [6, 6.07) is 10.8. The second-order valence-corrected chi connectivity index (χ2v) is 6.94. The lowest BCUT2D eigenvalue weighted by atomic mass is 9.65. The number of fused-ring (bicyclic) bond motifs is 1. The third-order valence-corrected chi connectivity index (χ3v) is 5.16. The molecule has 0 bridgehead atoms. The van der Waals surface area contributed by atoms with E-state index in [2.05, 4.69) is 48.5 Å². The molecule has 3 rings (SSSR count). The number of hydrogen-bond donors (Lipinski definition) is 2. The molecule has 2 atom stereocenters. The van der Waals surface area contributed by atoms with Gasteiger partial charge in [0.2, 0.25) is 0 Å². The van der Waals surface area contributed by atoms with Gasteiger partial charge in [0, 0.05) is 17.6 Å². The lowest BCUT2D eigenvalue weighted by Crippen LogP contribution is -2.41. The Bertz CT molecular complexity index is 621. The fourth-order valence-electron chi connectivity index (χ4n) is 3.86. The molecule has 3 N–H and O–H groups in total. The zero-order valence-corrected chi connectivity index (χ0v) is 13.0. The minimum absolute atomic E-state index is 0.201. The Kier molecular flexibility index (Phi) is 3.96. The van der Waals surface area contributed by atoms with Crippen molar-refractivity contribution in [2.45, 2.75) is 45.6 Å². The summed E-state index contributed by atoms with van der Waals surface area (Å²) in [6.45, 7) is 4.75. The normalized spacial score (nSPS) is 23.1. The van der Waals surface area contributed by atoms with Gasteiger partial charge in [-0.25, -0.2) is 0 Å². The van der Waals surface area contributed by atoms with Gasteiger partial charge in [0.25, 0.3) is 0 Å². The van der Waals surface area contributed by atoms with Gasteiger partial charge in [-0.05, 0) is 41.9 Å². The van der Waals surface area contributed by atoms with Crippen LogP contribution in [-0.2, 0) is 0 Å². The molecule has 0 amide bonds. The van der Waals surface area contributed by atoms with E-state index in [1.54, 1.807) is 0 Å². The zero-order chi connectivity index (χ0) is 14.9. The first-order valence-electron chi connectivity index (χ1n) is 7.93. The molecular weight excluding hydrogens is 258 g/mol.